The van der Waals surface area contributed by atoms with Gasteiger partial charge < -0.3 is 5.73 Å². The Balaban J connectivity index is 2.36. The van der Waals surface area contributed by atoms with Gasteiger partial charge in [-0.3, -0.25) is 0 Å². The molecule has 2 rings (SSSR count). The number of rotatable bonds is 3. The van der Waals surface area contributed by atoms with E-state index in [0.29, 0.717) is 0 Å². The molecule has 1 aromatic carbocycles. The molecular weight excluding hydrogens is 294 g/mol. The largest absolute Gasteiger partial charge is 0.320 e. The second-order valence-electron chi connectivity index (χ2n) is 4.11. The van der Waals surface area contributed by atoms with Crippen LogP contribution in [-0.4, -0.2) is 0 Å². The van der Waals surface area contributed by atoms with Crippen molar-refractivity contribution in [3.63, 3.8) is 0 Å². The third-order valence-electron chi connectivity index (χ3n) is 2.89. The van der Waals surface area contributed by atoms with Crippen LogP contribution in [0.3, 0.4) is 0 Å². The average molecular weight is 310 g/mol. The third-order valence-corrected chi connectivity index (χ3v) is 5.29. The van der Waals surface area contributed by atoms with Gasteiger partial charge in [0.15, 0.2) is 0 Å². The molecule has 0 radical (unpaired) electrons. The van der Waals surface area contributed by atoms with Crippen molar-refractivity contribution in [2.75, 3.05) is 0 Å². The maximum absolute atomic E-state index is 6.33. The molecular formula is C14H16BrNS. The zero-order valence-corrected chi connectivity index (χ0v) is 12.4. The van der Waals surface area contributed by atoms with E-state index in [0.717, 1.165) is 16.5 Å². The predicted octanol–water partition coefficient (Wildman–Crippen LogP) is 4.43. The van der Waals surface area contributed by atoms with Gasteiger partial charge in [-0.1, -0.05) is 41.1 Å². The normalized spacial score (nSPS) is 12.7. The van der Waals surface area contributed by atoms with E-state index < -0.39 is 0 Å². The van der Waals surface area contributed by atoms with Crippen molar-refractivity contribution in [3.05, 3.63) is 55.7 Å². The van der Waals surface area contributed by atoms with Gasteiger partial charge in [0.25, 0.3) is 0 Å². The molecule has 2 N–H and O–H groups in total. The second-order valence-corrected chi connectivity index (χ2v) is 6.11. The van der Waals surface area contributed by atoms with Crippen molar-refractivity contribution in [2.24, 2.45) is 5.73 Å². The van der Waals surface area contributed by atoms with Gasteiger partial charge >= 0.3 is 0 Å². The zero-order valence-electron chi connectivity index (χ0n) is 10.0. The number of halogens is 1. The summed E-state index contributed by atoms with van der Waals surface area (Å²) in [6.45, 7) is 4.26. The van der Waals surface area contributed by atoms with Crippen molar-refractivity contribution in [3.8, 4) is 0 Å². The summed E-state index contributed by atoms with van der Waals surface area (Å²) in [6.07, 6.45) is 1.08. The predicted molar refractivity (Wildman–Crippen MR) is 78.6 cm³/mol. The van der Waals surface area contributed by atoms with Gasteiger partial charge in [0, 0.05) is 14.2 Å². The Morgan fingerprint density at radius 2 is 2.06 bits per heavy atom. The molecule has 0 aliphatic carbocycles. The number of hydrogen-bond donors (Lipinski definition) is 1. The van der Waals surface area contributed by atoms with Gasteiger partial charge in [0.1, 0.15) is 0 Å². The lowest BCUT2D eigenvalue weighted by molar-refractivity contribution is 0.885. The Labute approximate surface area is 115 Å². The molecule has 1 unspecified atom stereocenters. The van der Waals surface area contributed by atoms with E-state index in [1.807, 2.05) is 0 Å². The number of thiophene rings is 1. The molecule has 1 heterocycles. The van der Waals surface area contributed by atoms with Crippen LogP contribution in [-0.2, 0) is 6.42 Å². The standard InChI is InChI=1S/C14H16BrNS/c1-3-10-7-8-12(17-10)14(16)11-6-4-5-9(2)13(11)15/h4-8,14H,3,16H2,1-2H3. The summed E-state index contributed by atoms with van der Waals surface area (Å²) in [6, 6.07) is 10.5. The van der Waals surface area contributed by atoms with Crippen molar-refractivity contribution in [1.29, 1.82) is 0 Å². The average Bonchev–Trinajstić information content (AvgIpc) is 2.80. The lowest BCUT2D eigenvalue weighted by Gasteiger charge is -2.13. The summed E-state index contributed by atoms with van der Waals surface area (Å²) in [7, 11) is 0. The van der Waals surface area contributed by atoms with Crippen molar-refractivity contribution >= 4 is 27.3 Å². The zero-order chi connectivity index (χ0) is 12.4. The van der Waals surface area contributed by atoms with Crippen LogP contribution in [0.15, 0.2) is 34.8 Å². The summed E-state index contributed by atoms with van der Waals surface area (Å²) in [4.78, 5) is 2.62. The van der Waals surface area contributed by atoms with E-state index in [4.69, 9.17) is 5.73 Å². The number of aryl methyl sites for hydroxylation is 2. The Morgan fingerprint density at radius 1 is 1.29 bits per heavy atom. The molecule has 0 spiro atoms. The van der Waals surface area contributed by atoms with Crippen LogP contribution in [0, 0.1) is 6.92 Å². The second kappa shape index (κ2) is 5.34. The summed E-state index contributed by atoms with van der Waals surface area (Å²) >= 11 is 5.43. The van der Waals surface area contributed by atoms with E-state index in [-0.39, 0.29) is 6.04 Å². The fourth-order valence-electron chi connectivity index (χ4n) is 1.82. The first kappa shape index (κ1) is 12.8. The highest BCUT2D eigenvalue weighted by atomic mass is 79.9. The minimum Gasteiger partial charge on any atom is -0.320 e. The Hall–Kier alpha value is -0.640. The van der Waals surface area contributed by atoms with Crippen LogP contribution in [0.25, 0.3) is 0 Å². The Morgan fingerprint density at radius 3 is 2.71 bits per heavy atom. The van der Waals surface area contributed by atoms with E-state index in [9.17, 15) is 0 Å². The lowest BCUT2D eigenvalue weighted by atomic mass is 10.0. The Kier molecular flexibility index (Phi) is 4.02. The van der Waals surface area contributed by atoms with Crippen molar-refractivity contribution in [2.45, 2.75) is 26.3 Å². The molecule has 3 heteroatoms. The van der Waals surface area contributed by atoms with Crippen LogP contribution in [0.4, 0.5) is 0 Å². The van der Waals surface area contributed by atoms with Crippen LogP contribution >= 0.6 is 27.3 Å². The summed E-state index contributed by atoms with van der Waals surface area (Å²) in [5, 5.41) is 0. The highest BCUT2D eigenvalue weighted by Crippen LogP contribution is 2.32. The molecule has 1 nitrogen and oxygen atoms in total. The molecule has 0 saturated heterocycles. The maximum atomic E-state index is 6.33. The Bertz CT molecular complexity index is 519. The minimum atomic E-state index is -0.0328. The molecule has 17 heavy (non-hydrogen) atoms. The van der Waals surface area contributed by atoms with Gasteiger partial charge in [-0.05, 0) is 36.6 Å². The molecule has 0 aliphatic heterocycles. The van der Waals surface area contributed by atoms with Gasteiger partial charge in [0.2, 0.25) is 0 Å². The van der Waals surface area contributed by atoms with E-state index in [1.165, 1.54) is 15.3 Å². The first-order chi connectivity index (χ1) is 8.13. The molecule has 90 valence electrons. The van der Waals surface area contributed by atoms with Gasteiger partial charge in [-0.15, -0.1) is 11.3 Å². The smallest absolute Gasteiger partial charge is 0.0657 e. The molecule has 0 fully saturated rings. The SMILES string of the molecule is CCc1ccc(C(N)c2cccc(C)c2Br)s1. The van der Waals surface area contributed by atoms with E-state index >= 15 is 0 Å². The summed E-state index contributed by atoms with van der Waals surface area (Å²) in [5.41, 5.74) is 8.72. The van der Waals surface area contributed by atoms with Crippen LogP contribution in [0.1, 0.15) is 33.8 Å². The molecule has 1 atom stereocenters. The first-order valence-electron chi connectivity index (χ1n) is 5.72. The molecule has 1 aromatic heterocycles. The minimum absolute atomic E-state index is 0.0328. The molecule has 0 bridgehead atoms. The van der Waals surface area contributed by atoms with Crippen LogP contribution < -0.4 is 5.73 Å². The molecule has 0 amide bonds. The van der Waals surface area contributed by atoms with Gasteiger partial charge in [-0.25, -0.2) is 0 Å². The topological polar surface area (TPSA) is 26.0 Å². The number of benzene rings is 1. The highest BCUT2D eigenvalue weighted by Gasteiger charge is 2.14. The van der Waals surface area contributed by atoms with Crippen LogP contribution in [0.5, 0.6) is 0 Å². The van der Waals surface area contributed by atoms with Gasteiger partial charge in [-0.2, -0.15) is 0 Å². The molecule has 2 aromatic rings. The summed E-state index contributed by atoms with van der Waals surface area (Å²) in [5.74, 6) is 0. The molecule has 0 saturated carbocycles. The highest BCUT2D eigenvalue weighted by molar-refractivity contribution is 9.10. The maximum Gasteiger partial charge on any atom is 0.0657 e. The summed E-state index contributed by atoms with van der Waals surface area (Å²) < 4.78 is 1.12. The lowest BCUT2D eigenvalue weighted by Crippen LogP contribution is -2.11. The van der Waals surface area contributed by atoms with E-state index in [1.54, 1.807) is 11.3 Å². The van der Waals surface area contributed by atoms with Crippen molar-refractivity contribution in [1.82, 2.24) is 0 Å². The third kappa shape index (κ3) is 2.62. The fourth-order valence-corrected chi connectivity index (χ4v) is 3.30. The quantitative estimate of drug-likeness (QED) is 0.891. The first-order valence-corrected chi connectivity index (χ1v) is 7.33. The molecule has 0 aliphatic rings. The number of nitrogens with two attached hydrogens (primary N) is 1. The fraction of sp³-hybridized carbons (Fsp3) is 0.286. The number of hydrogen-bond acceptors (Lipinski definition) is 2. The van der Waals surface area contributed by atoms with Gasteiger partial charge in [0.05, 0.1) is 6.04 Å². The van der Waals surface area contributed by atoms with E-state index in [2.05, 4.69) is 60.1 Å². The monoisotopic (exact) mass is 309 g/mol. The van der Waals surface area contributed by atoms with Crippen molar-refractivity contribution < 1.29 is 0 Å². The van der Waals surface area contributed by atoms with Crippen LogP contribution in [0.2, 0.25) is 0 Å².